The molecule has 0 aliphatic rings. The van der Waals surface area contributed by atoms with Gasteiger partial charge in [-0.2, -0.15) is 0 Å². The van der Waals surface area contributed by atoms with E-state index in [0.717, 1.165) is 4.70 Å². The summed E-state index contributed by atoms with van der Waals surface area (Å²) in [4.78, 5) is 10.9. The zero-order valence-electron chi connectivity index (χ0n) is 6.75. The number of rotatable bonds is 1. The highest BCUT2D eigenvalue weighted by Crippen LogP contribution is 2.35. The van der Waals surface area contributed by atoms with Gasteiger partial charge in [0.15, 0.2) is 0 Å². The Kier molecular flexibility index (Phi) is 2.28. The molecule has 0 saturated heterocycles. The Morgan fingerprint density at radius 3 is 2.86 bits per heavy atom. The Bertz CT molecular complexity index is 521. The number of carboxylic acids is 1. The molecule has 0 saturated carbocycles. The molecular weight excluding hydrogens is 271 g/mol. The number of hydrogen-bond donors (Lipinski definition) is 1. The van der Waals surface area contributed by atoms with Gasteiger partial charge in [0.1, 0.15) is 5.82 Å². The van der Waals surface area contributed by atoms with Crippen LogP contribution in [0.15, 0.2) is 22.0 Å². The van der Waals surface area contributed by atoms with Gasteiger partial charge >= 0.3 is 5.97 Å². The average Bonchev–Trinajstić information content (AvgIpc) is 2.40. The van der Waals surface area contributed by atoms with Crippen molar-refractivity contribution < 1.29 is 14.3 Å². The molecule has 2 aromatic rings. The predicted octanol–water partition coefficient (Wildman–Crippen LogP) is 3.50. The Morgan fingerprint density at radius 1 is 1.50 bits per heavy atom. The largest absolute Gasteiger partial charge is 0.478 e. The van der Waals surface area contributed by atoms with Crippen LogP contribution < -0.4 is 0 Å². The first kappa shape index (κ1) is 9.61. The lowest BCUT2D eigenvalue weighted by Gasteiger charge is -1.93. The lowest BCUT2D eigenvalue weighted by Crippen LogP contribution is -1.94. The molecule has 1 N–H and O–H groups in total. The van der Waals surface area contributed by atoms with Crippen LogP contribution in [-0.4, -0.2) is 11.1 Å². The van der Waals surface area contributed by atoms with Crippen molar-refractivity contribution >= 4 is 43.3 Å². The van der Waals surface area contributed by atoms with Crippen LogP contribution in [0.3, 0.4) is 0 Å². The molecule has 2 rings (SSSR count). The number of thiophene rings is 1. The van der Waals surface area contributed by atoms with Crippen molar-refractivity contribution in [1.29, 1.82) is 0 Å². The molecule has 0 aliphatic heterocycles. The first-order valence-electron chi connectivity index (χ1n) is 3.70. The monoisotopic (exact) mass is 274 g/mol. The van der Waals surface area contributed by atoms with Gasteiger partial charge in [-0.15, -0.1) is 11.3 Å². The second kappa shape index (κ2) is 3.33. The highest BCUT2D eigenvalue weighted by molar-refractivity contribution is 9.11. The molecule has 0 spiro atoms. The van der Waals surface area contributed by atoms with Gasteiger partial charge in [-0.25, -0.2) is 9.18 Å². The van der Waals surface area contributed by atoms with Crippen molar-refractivity contribution in [2.45, 2.75) is 0 Å². The number of aromatic carboxylic acids is 1. The Balaban J connectivity index is 2.86. The third-order valence-corrected chi connectivity index (χ3v) is 3.66. The van der Waals surface area contributed by atoms with E-state index in [2.05, 4.69) is 15.9 Å². The molecule has 5 heteroatoms. The van der Waals surface area contributed by atoms with Crippen LogP contribution in [0.5, 0.6) is 0 Å². The molecule has 72 valence electrons. The Hall–Kier alpha value is -0.940. The van der Waals surface area contributed by atoms with E-state index in [0.29, 0.717) is 9.17 Å². The van der Waals surface area contributed by atoms with Crippen molar-refractivity contribution in [3.63, 3.8) is 0 Å². The minimum atomic E-state index is -1.05. The maximum atomic E-state index is 12.9. The molecular formula is C9H4BrFO2S. The molecule has 2 nitrogen and oxygen atoms in total. The van der Waals surface area contributed by atoms with Crippen LogP contribution in [0, 0.1) is 5.82 Å². The lowest BCUT2D eigenvalue weighted by molar-refractivity contribution is 0.0698. The topological polar surface area (TPSA) is 37.3 Å². The molecule has 0 radical (unpaired) electrons. The maximum Gasteiger partial charge on any atom is 0.338 e. The van der Waals surface area contributed by atoms with Gasteiger partial charge in [0.05, 0.1) is 9.35 Å². The second-order valence-electron chi connectivity index (χ2n) is 2.70. The van der Waals surface area contributed by atoms with Crippen molar-refractivity contribution in [1.82, 2.24) is 0 Å². The number of halogens is 2. The van der Waals surface area contributed by atoms with Crippen molar-refractivity contribution in [3.05, 3.63) is 33.4 Å². The van der Waals surface area contributed by atoms with E-state index in [1.807, 2.05) is 0 Å². The summed E-state index contributed by atoms with van der Waals surface area (Å²) in [6.45, 7) is 0. The summed E-state index contributed by atoms with van der Waals surface area (Å²) in [7, 11) is 0. The maximum absolute atomic E-state index is 12.9. The van der Waals surface area contributed by atoms with Crippen LogP contribution in [0.1, 0.15) is 10.4 Å². The zero-order valence-corrected chi connectivity index (χ0v) is 9.15. The SMILES string of the molecule is O=C(O)c1c(Br)sc2ccc(F)cc12. The zero-order chi connectivity index (χ0) is 10.3. The average molecular weight is 275 g/mol. The van der Waals surface area contributed by atoms with E-state index < -0.39 is 11.8 Å². The fraction of sp³-hybridized carbons (Fsp3) is 0. The fourth-order valence-electron chi connectivity index (χ4n) is 1.24. The van der Waals surface area contributed by atoms with Crippen molar-refractivity contribution in [3.8, 4) is 0 Å². The van der Waals surface area contributed by atoms with Gasteiger partial charge in [0.25, 0.3) is 0 Å². The van der Waals surface area contributed by atoms with Gasteiger partial charge < -0.3 is 5.11 Å². The van der Waals surface area contributed by atoms with Crippen LogP contribution in [0.2, 0.25) is 0 Å². The summed E-state index contributed by atoms with van der Waals surface area (Å²) in [6, 6.07) is 4.13. The molecule has 0 atom stereocenters. The summed E-state index contributed by atoms with van der Waals surface area (Å²) in [5, 5.41) is 9.34. The van der Waals surface area contributed by atoms with Crippen LogP contribution in [0.4, 0.5) is 4.39 Å². The van der Waals surface area contributed by atoms with E-state index in [1.165, 1.54) is 23.5 Å². The number of carbonyl (C=O) groups is 1. The lowest BCUT2D eigenvalue weighted by atomic mass is 10.2. The van der Waals surface area contributed by atoms with Crippen LogP contribution in [-0.2, 0) is 0 Å². The van der Waals surface area contributed by atoms with Crippen molar-refractivity contribution in [2.75, 3.05) is 0 Å². The van der Waals surface area contributed by atoms with Crippen LogP contribution >= 0.6 is 27.3 Å². The molecule has 14 heavy (non-hydrogen) atoms. The van der Waals surface area contributed by atoms with Crippen molar-refractivity contribution in [2.24, 2.45) is 0 Å². The smallest absolute Gasteiger partial charge is 0.338 e. The molecule has 1 aromatic heterocycles. The van der Waals surface area contributed by atoms with E-state index in [9.17, 15) is 9.18 Å². The summed E-state index contributed by atoms with van der Waals surface area (Å²) in [5.41, 5.74) is 0.129. The molecule has 0 amide bonds. The van der Waals surface area contributed by atoms with Gasteiger partial charge in [-0.1, -0.05) is 0 Å². The number of benzene rings is 1. The molecule has 0 fully saturated rings. The standard InChI is InChI=1S/C9H4BrFO2S/c10-8-7(9(12)13)5-3-4(11)1-2-6(5)14-8/h1-3H,(H,12,13). The number of fused-ring (bicyclic) bond motifs is 1. The van der Waals surface area contributed by atoms with E-state index in [-0.39, 0.29) is 5.56 Å². The summed E-state index contributed by atoms with van der Waals surface area (Å²) in [5.74, 6) is -1.47. The molecule has 0 unspecified atom stereocenters. The van der Waals surface area contributed by atoms with E-state index >= 15 is 0 Å². The fourth-order valence-corrected chi connectivity index (χ4v) is 3.05. The Labute approximate surface area is 91.1 Å². The first-order chi connectivity index (χ1) is 6.59. The molecule has 1 heterocycles. The van der Waals surface area contributed by atoms with Gasteiger partial charge in [0, 0.05) is 10.1 Å². The summed E-state index contributed by atoms with van der Waals surface area (Å²) < 4.78 is 14.2. The number of carboxylic acid groups (broad SMARTS) is 1. The predicted molar refractivity (Wildman–Crippen MR) is 56.4 cm³/mol. The van der Waals surface area contributed by atoms with Gasteiger partial charge in [0.2, 0.25) is 0 Å². The minimum Gasteiger partial charge on any atom is -0.478 e. The van der Waals surface area contributed by atoms with Crippen LogP contribution in [0.25, 0.3) is 10.1 Å². The Morgan fingerprint density at radius 2 is 2.21 bits per heavy atom. The molecule has 0 bridgehead atoms. The summed E-state index contributed by atoms with van der Waals surface area (Å²) in [6.07, 6.45) is 0. The minimum absolute atomic E-state index is 0.129. The highest BCUT2D eigenvalue weighted by Gasteiger charge is 2.16. The molecule has 1 aromatic carbocycles. The number of hydrogen-bond acceptors (Lipinski definition) is 2. The normalized spacial score (nSPS) is 10.7. The van der Waals surface area contributed by atoms with Gasteiger partial charge in [-0.05, 0) is 34.1 Å². The van der Waals surface area contributed by atoms with E-state index in [4.69, 9.17) is 5.11 Å². The third kappa shape index (κ3) is 1.42. The molecule has 0 aliphatic carbocycles. The summed E-state index contributed by atoms with van der Waals surface area (Å²) >= 11 is 4.43. The highest BCUT2D eigenvalue weighted by atomic mass is 79.9. The van der Waals surface area contributed by atoms with Gasteiger partial charge in [-0.3, -0.25) is 0 Å². The quantitative estimate of drug-likeness (QED) is 0.864. The first-order valence-corrected chi connectivity index (χ1v) is 5.31. The van der Waals surface area contributed by atoms with E-state index in [1.54, 1.807) is 6.07 Å². The second-order valence-corrected chi connectivity index (χ2v) is 5.07. The third-order valence-electron chi connectivity index (χ3n) is 1.82.